The lowest BCUT2D eigenvalue weighted by Gasteiger charge is -2.07. The molecule has 0 aliphatic carbocycles. The molecule has 0 aromatic carbocycles. The van der Waals surface area contributed by atoms with E-state index >= 15 is 0 Å². The van der Waals surface area contributed by atoms with Crippen LogP contribution in [-0.4, -0.2) is 15.0 Å². The first-order chi connectivity index (χ1) is 8.08. The van der Waals surface area contributed by atoms with E-state index in [0.29, 0.717) is 11.0 Å². The quantitative estimate of drug-likeness (QED) is 0.779. The van der Waals surface area contributed by atoms with Gasteiger partial charge >= 0.3 is 0 Å². The van der Waals surface area contributed by atoms with E-state index in [4.69, 9.17) is 11.6 Å². The molecule has 0 aliphatic rings. The van der Waals surface area contributed by atoms with Crippen molar-refractivity contribution in [3.63, 3.8) is 0 Å². The summed E-state index contributed by atoms with van der Waals surface area (Å²) in [6, 6.07) is 3.82. The average Bonchev–Trinajstić information content (AvgIpc) is 2.28. The third kappa shape index (κ3) is 2.97. The van der Waals surface area contributed by atoms with E-state index in [1.54, 1.807) is 6.20 Å². The van der Waals surface area contributed by atoms with Crippen molar-refractivity contribution in [2.24, 2.45) is 0 Å². The molecule has 0 aliphatic heterocycles. The maximum absolute atomic E-state index is 6.03. The van der Waals surface area contributed by atoms with Crippen LogP contribution in [-0.2, 0) is 0 Å². The molecule has 0 N–H and O–H groups in total. The molecule has 0 fully saturated rings. The van der Waals surface area contributed by atoms with Gasteiger partial charge in [0.2, 0.25) is 0 Å². The van der Waals surface area contributed by atoms with Crippen molar-refractivity contribution in [2.75, 3.05) is 0 Å². The zero-order valence-corrected chi connectivity index (χ0v) is 12.4. The van der Waals surface area contributed by atoms with Gasteiger partial charge in [-0.3, -0.25) is 0 Å². The molecule has 2 aromatic heterocycles. The number of hydrogen-bond acceptors (Lipinski definition) is 4. The van der Waals surface area contributed by atoms with Crippen LogP contribution in [0.4, 0.5) is 0 Å². The van der Waals surface area contributed by atoms with Crippen LogP contribution in [0.5, 0.6) is 0 Å². The average molecular weight is 331 g/mol. The van der Waals surface area contributed by atoms with Gasteiger partial charge in [-0.15, -0.1) is 0 Å². The van der Waals surface area contributed by atoms with Gasteiger partial charge in [-0.1, -0.05) is 11.6 Å². The normalized spacial score (nSPS) is 10.6. The van der Waals surface area contributed by atoms with Gasteiger partial charge in [-0.25, -0.2) is 15.0 Å². The Labute approximate surface area is 117 Å². The second-order valence-electron chi connectivity index (χ2n) is 3.38. The van der Waals surface area contributed by atoms with E-state index in [-0.39, 0.29) is 0 Å². The number of rotatable bonds is 2. The highest BCUT2D eigenvalue weighted by atomic mass is 79.9. The molecule has 0 bridgehead atoms. The van der Waals surface area contributed by atoms with Gasteiger partial charge in [0.05, 0.1) is 4.47 Å². The highest BCUT2D eigenvalue weighted by molar-refractivity contribution is 9.10. The fourth-order valence-corrected chi connectivity index (χ4v) is 2.86. The molecule has 0 unspecified atom stereocenters. The summed E-state index contributed by atoms with van der Waals surface area (Å²) < 4.78 is 0.941. The van der Waals surface area contributed by atoms with Gasteiger partial charge in [0.15, 0.2) is 0 Å². The van der Waals surface area contributed by atoms with Gasteiger partial charge in [-0.2, -0.15) is 0 Å². The number of nitrogens with zero attached hydrogens (tertiary/aromatic N) is 3. The van der Waals surface area contributed by atoms with Crippen LogP contribution in [0.2, 0.25) is 5.15 Å². The van der Waals surface area contributed by atoms with Crippen molar-refractivity contribution < 1.29 is 0 Å². The van der Waals surface area contributed by atoms with Crippen molar-refractivity contribution in [2.45, 2.75) is 23.9 Å². The molecule has 0 amide bonds. The number of halogens is 2. The molecule has 0 saturated heterocycles. The van der Waals surface area contributed by atoms with Crippen LogP contribution >= 0.6 is 39.3 Å². The lowest BCUT2D eigenvalue weighted by molar-refractivity contribution is 0.934. The number of aromatic nitrogens is 3. The Bertz CT molecular complexity index is 562. The summed E-state index contributed by atoms with van der Waals surface area (Å²) in [5.74, 6) is 0.662. The van der Waals surface area contributed by atoms with Crippen molar-refractivity contribution in [3.05, 3.63) is 39.3 Å². The molecular formula is C11H9BrClN3S. The predicted octanol–water partition coefficient (Wildman–Crippen LogP) is 4.06. The largest absolute Gasteiger partial charge is 0.248 e. The third-order valence-electron chi connectivity index (χ3n) is 2.07. The van der Waals surface area contributed by atoms with Crippen LogP contribution in [0.15, 0.2) is 32.9 Å². The molecule has 17 heavy (non-hydrogen) atoms. The van der Waals surface area contributed by atoms with Gasteiger partial charge in [-0.05, 0) is 53.7 Å². The van der Waals surface area contributed by atoms with Crippen molar-refractivity contribution >= 4 is 39.3 Å². The van der Waals surface area contributed by atoms with Crippen LogP contribution in [0.25, 0.3) is 0 Å². The summed E-state index contributed by atoms with van der Waals surface area (Å²) in [4.78, 5) is 12.8. The van der Waals surface area contributed by atoms with E-state index in [1.165, 1.54) is 11.8 Å². The van der Waals surface area contributed by atoms with Crippen molar-refractivity contribution in [1.82, 2.24) is 15.0 Å². The second-order valence-corrected chi connectivity index (χ2v) is 5.57. The van der Waals surface area contributed by atoms with Crippen LogP contribution in [0.1, 0.15) is 11.4 Å². The zero-order valence-electron chi connectivity index (χ0n) is 9.24. The summed E-state index contributed by atoms with van der Waals surface area (Å²) in [7, 11) is 0. The summed E-state index contributed by atoms with van der Waals surface area (Å²) in [6.07, 6.45) is 1.75. The van der Waals surface area contributed by atoms with Crippen molar-refractivity contribution in [1.29, 1.82) is 0 Å². The Kier molecular flexibility index (Phi) is 4.01. The second kappa shape index (κ2) is 5.33. The minimum absolute atomic E-state index is 0.493. The molecular weight excluding hydrogens is 322 g/mol. The highest BCUT2D eigenvalue weighted by Crippen LogP contribution is 2.33. The Morgan fingerprint density at radius 3 is 2.71 bits per heavy atom. The van der Waals surface area contributed by atoms with Gasteiger partial charge in [0.25, 0.3) is 0 Å². The highest BCUT2D eigenvalue weighted by Gasteiger charge is 2.11. The Hall–Kier alpha value is -0.650. The molecule has 6 heteroatoms. The zero-order chi connectivity index (χ0) is 12.4. The smallest absolute Gasteiger partial charge is 0.136 e. The summed E-state index contributed by atoms with van der Waals surface area (Å²) in [5.41, 5.74) is 0.875. The van der Waals surface area contributed by atoms with Gasteiger partial charge in [0.1, 0.15) is 21.0 Å². The maximum Gasteiger partial charge on any atom is 0.136 e. The topological polar surface area (TPSA) is 38.7 Å². The summed E-state index contributed by atoms with van der Waals surface area (Å²) >= 11 is 11.0. The van der Waals surface area contributed by atoms with E-state index < -0.39 is 0 Å². The third-order valence-corrected chi connectivity index (χ3v) is 4.45. The molecule has 0 saturated carbocycles. The molecule has 2 rings (SSSR count). The lowest BCUT2D eigenvalue weighted by atomic mass is 10.4. The Morgan fingerprint density at radius 2 is 2.00 bits per heavy atom. The standard InChI is InChI=1S/C11H9BrClN3S/c1-6-9(13)15-7(2)16-10(6)17-11-8(12)4-3-5-14-11/h3-5H,1-2H3. The van der Waals surface area contributed by atoms with E-state index in [1.807, 2.05) is 26.0 Å². The molecule has 0 radical (unpaired) electrons. The fraction of sp³-hybridized carbons (Fsp3) is 0.182. The minimum Gasteiger partial charge on any atom is -0.248 e. The first-order valence-electron chi connectivity index (χ1n) is 4.87. The predicted molar refractivity (Wildman–Crippen MR) is 72.6 cm³/mol. The lowest BCUT2D eigenvalue weighted by Crippen LogP contribution is -1.95. The molecule has 0 atom stereocenters. The molecule has 2 heterocycles. The number of hydrogen-bond donors (Lipinski definition) is 0. The molecule has 88 valence electrons. The van der Waals surface area contributed by atoms with E-state index in [2.05, 4.69) is 30.9 Å². The number of aryl methyl sites for hydroxylation is 1. The molecule has 2 aromatic rings. The summed E-state index contributed by atoms with van der Waals surface area (Å²) in [5, 5.41) is 2.19. The first kappa shape index (κ1) is 12.8. The molecule has 3 nitrogen and oxygen atoms in total. The van der Waals surface area contributed by atoms with E-state index in [0.717, 1.165) is 20.1 Å². The monoisotopic (exact) mass is 329 g/mol. The molecule has 0 spiro atoms. The van der Waals surface area contributed by atoms with Crippen LogP contribution in [0.3, 0.4) is 0 Å². The Balaban J connectivity index is 2.40. The Morgan fingerprint density at radius 1 is 1.24 bits per heavy atom. The van der Waals surface area contributed by atoms with Crippen LogP contribution < -0.4 is 0 Å². The van der Waals surface area contributed by atoms with Gasteiger partial charge < -0.3 is 0 Å². The fourth-order valence-electron chi connectivity index (χ4n) is 1.21. The summed E-state index contributed by atoms with van der Waals surface area (Å²) in [6.45, 7) is 3.73. The van der Waals surface area contributed by atoms with Crippen LogP contribution in [0, 0.1) is 13.8 Å². The van der Waals surface area contributed by atoms with E-state index in [9.17, 15) is 0 Å². The maximum atomic E-state index is 6.03. The first-order valence-corrected chi connectivity index (χ1v) is 6.86. The SMILES string of the molecule is Cc1nc(Cl)c(C)c(Sc2ncccc2Br)n1. The number of pyridine rings is 1. The van der Waals surface area contributed by atoms with Crippen molar-refractivity contribution in [3.8, 4) is 0 Å². The van der Waals surface area contributed by atoms with Gasteiger partial charge in [0, 0.05) is 11.8 Å². The minimum atomic E-state index is 0.493.